The van der Waals surface area contributed by atoms with Crippen LogP contribution in [0.5, 0.6) is 0 Å². The van der Waals surface area contributed by atoms with Crippen molar-refractivity contribution in [3.05, 3.63) is 128 Å². The molecule has 0 aliphatic carbocycles. The zero-order valence-electron chi connectivity index (χ0n) is 20.4. The van der Waals surface area contributed by atoms with E-state index in [-0.39, 0.29) is 0 Å². The first-order chi connectivity index (χ1) is 18.8. The zero-order chi connectivity index (χ0) is 25.1. The summed E-state index contributed by atoms with van der Waals surface area (Å²) in [5, 5.41) is 13.6. The number of aromatic nitrogens is 3. The fourth-order valence-electron chi connectivity index (χ4n) is 5.49. The van der Waals surface area contributed by atoms with Crippen LogP contribution < -0.4 is 0 Å². The Kier molecular flexibility index (Phi) is 4.49. The summed E-state index contributed by atoms with van der Waals surface area (Å²) in [7, 11) is 0. The van der Waals surface area contributed by atoms with E-state index in [2.05, 4.69) is 112 Å². The van der Waals surface area contributed by atoms with Crippen LogP contribution in [0.2, 0.25) is 0 Å². The average Bonchev–Trinajstić information content (AvgIpc) is 3.59. The van der Waals surface area contributed by atoms with Crippen molar-refractivity contribution in [3.63, 3.8) is 0 Å². The summed E-state index contributed by atoms with van der Waals surface area (Å²) in [6, 6.07) is 42.1. The van der Waals surface area contributed by atoms with Crippen LogP contribution >= 0.6 is 0 Å². The number of furan rings is 1. The van der Waals surface area contributed by atoms with Gasteiger partial charge in [-0.25, -0.2) is 0 Å². The van der Waals surface area contributed by atoms with Gasteiger partial charge in [0.1, 0.15) is 11.2 Å². The molecule has 8 rings (SSSR count). The molecule has 3 aromatic heterocycles. The summed E-state index contributed by atoms with van der Waals surface area (Å²) in [6.07, 6.45) is 2.05. The van der Waals surface area contributed by atoms with Gasteiger partial charge < -0.3 is 4.42 Å². The van der Waals surface area contributed by atoms with Gasteiger partial charge in [0.2, 0.25) is 0 Å². The highest BCUT2D eigenvalue weighted by Gasteiger charge is 2.14. The van der Waals surface area contributed by atoms with Gasteiger partial charge in [-0.15, -0.1) is 10.2 Å². The van der Waals surface area contributed by atoms with Gasteiger partial charge in [-0.3, -0.25) is 4.40 Å². The van der Waals surface area contributed by atoms with Crippen molar-refractivity contribution in [2.24, 2.45) is 0 Å². The lowest BCUT2D eigenvalue weighted by atomic mass is 9.97. The average molecular weight is 488 g/mol. The van der Waals surface area contributed by atoms with Crippen molar-refractivity contribution >= 4 is 38.4 Å². The maximum absolute atomic E-state index is 6.31. The Balaban J connectivity index is 1.24. The molecule has 0 bridgehead atoms. The molecule has 0 unspecified atom stereocenters. The maximum Gasteiger partial charge on any atom is 0.168 e. The molecule has 0 aliphatic heterocycles. The SMILES string of the molecule is c1cc(-c2cccc(-c3nnc4c5ccccc5ccn34)c2)cc(-c2cccc3c2oc2ccccc23)c1. The normalized spacial score (nSPS) is 11.7. The lowest BCUT2D eigenvalue weighted by Gasteiger charge is -2.09. The highest BCUT2D eigenvalue weighted by atomic mass is 16.3. The first-order valence-electron chi connectivity index (χ1n) is 12.7. The van der Waals surface area contributed by atoms with Crippen LogP contribution in [-0.4, -0.2) is 14.6 Å². The Morgan fingerprint density at radius 2 is 1.21 bits per heavy atom. The lowest BCUT2D eigenvalue weighted by Crippen LogP contribution is -1.90. The Morgan fingerprint density at radius 3 is 2.11 bits per heavy atom. The van der Waals surface area contributed by atoms with E-state index in [1.54, 1.807) is 0 Å². The number of fused-ring (bicyclic) bond motifs is 6. The number of pyridine rings is 1. The molecular formula is C34H21N3O. The summed E-state index contributed by atoms with van der Waals surface area (Å²) in [4.78, 5) is 0. The molecule has 8 aromatic rings. The monoisotopic (exact) mass is 487 g/mol. The van der Waals surface area contributed by atoms with E-state index in [9.17, 15) is 0 Å². The molecule has 0 saturated heterocycles. The number of nitrogens with zero attached hydrogens (tertiary/aromatic N) is 3. The largest absolute Gasteiger partial charge is 0.455 e. The minimum Gasteiger partial charge on any atom is -0.455 e. The number of rotatable bonds is 3. The van der Waals surface area contributed by atoms with Gasteiger partial charge in [0.25, 0.3) is 0 Å². The summed E-state index contributed by atoms with van der Waals surface area (Å²) in [6.45, 7) is 0. The second kappa shape index (κ2) is 8.15. The smallest absolute Gasteiger partial charge is 0.168 e. The van der Waals surface area contributed by atoms with Gasteiger partial charge in [0.15, 0.2) is 11.5 Å². The van der Waals surface area contributed by atoms with Crippen LogP contribution in [0.1, 0.15) is 0 Å². The Morgan fingerprint density at radius 1 is 0.526 bits per heavy atom. The molecule has 0 atom stereocenters. The molecule has 0 amide bonds. The van der Waals surface area contributed by atoms with Gasteiger partial charge >= 0.3 is 0 Å². The predicted octanol–water partition coefficient (Wildman–Crippen LogP) is 8.78. The standard InChI is InChI=1S/C34H21N3O/c1-2-13-28-22(8-1)18-19-37-33(35-36-34(28)37)26-12-6-10-24(21-26)23-9-5-11-25(20-23)27-15-7-16-30-29-14-3-4-17-31(29)38-32(27)30/h1-21H. The van der Waals surface area contributed by atoms with E-state index in [0.29, 0.717) is 0 Å². The fourth-order valence-corrected chi connectivity index (χ4v) is 5.49. The first kappa shape index (κ1) is 20.9. The highest BCUT2D eigenvalue weighted by Crippen LogP contribution is 2.37. The van der Waals surface area contributed by atoms with Crippen LogP contribution in [0, 0.1) is 0 Å². The Labute approximate surface area is 218 Å². The van der Waals surface area contributed by atoms with Crippen molar-refractivity contribution < 1.29 is 4.42 Å². The van der Waals surface area contributed by atoms with Gasteiger partial charge in [0.05, 0.1) is 0 Å². The van der Waals surface area contributed by atoms with Crippen LogP contribution in [-0.2, 0) is 0 Å². The third kappa shape index (κ3) is 3.17. The molecular weight excluding hydrogens is 466 g/mol. The van der Waals surface area contributed by atoms with E-state index < -0.39 is 0 Å². The topological polar surface area (TPSA) is 43.3 Å². The molecule has 178 valence electrons. The van der Waals surface area contributed by atoms with Crippen LogP contribution in [0.3, 0.4) is 0 Å². The van der Waals surface area contributed by atoms with E-state index in [4.69, 9.17) is 4.42 Å². The summed E-state index contributed by atoms with van der Waals surface area (Å²) < 4.78 is 8.37. The van der Waals surface area contributed by atoms with Gasteiger partial charge in [-0.05, 0) is 46.3 Å². The second-order valence-corrected chi connectivity index (χ2v) is 9.56. The molecule has 0 fully saturated rings. The van der Waals surface area contributed by atoms with Crippen molar-refractivity contribution in [3.8, 4) is 33.6 Å². The molecule has 0 radical (unpaired) electrons. The predicted molar refractivity (Wildman–Crippen MR) is 154 cm³/mol. The van der Waals surface area contributed by atoms with Crippen molar-refractivity contribution in [2.75, 3.05) is 0 Å². The quantitative estimate of drug-likeness (QED) is 0.250. The Bertz CT molecular complexity index is 2150. The molecule has 0 spiro atoms. The molecule has 4 heteroatoms. The molecule has 3 heterocycles. The minimum absolute atomic E-state index is 0.829. The molecule has 4 nitrogen and oxygen atoms in total. The number of hydrogen-bond acceptors (Lipinski definition) is 3. The van der Waals surface area contributed by atoms with Crippen LogP contribution in [0.25, 0.3) is 72.0 Å². The zero-order valence-corrected chi connectivity index (χ0v) is 20.4. The molecule has 0 aliphatic rings. The minimum atomic E-state index is 0.829. The molecule has 0 saturated carbocycles. The highest BCUT2D eigenvalue weighted by molar-refractivity contribution is 6.09. The fraction of sp³-hybridized carbons (Fsp3) is 0. The summed E-state index contributed by atoms with van der Waals surface area (Å²) in [5.74, 6) is 0.829. The molecule has 0 N–H and O–H groups in total. The number of benzene rings is 5. The second-order valence-electron chi connectivity index (χ2n) is 9.56. The first-order valence-corrected chi connectivity index (χ1v) is 12.7. The van der Waals surface area contributed by atoms with E-state index in [0.717, 1.165) is 72.0 Å². The third-order valence-corrected chi connectivity index (χ3v) is 7.33. The number of para-hydroxylation sites is 2. The van der Waals surface area contributed by atoms with Crippen molar-refractivity contribution in [1.29, 1.82) is 0 Å². The van der Waals surface area contributed by atoms with Gasteiger partial charge in [0, 0.05) is 33.5 Å². The van der Waals surface area contributed by atoms with Crippen molar-refractivity contribution in [2.45, 2.75) is 0 Å². The van der Waals surface area contributed by atoms with E-state index >= 15 is 0 Å². The summed E-state index contributed by atoms with van der Waals surface area (Å²) >= 11 is 0. The molecule has 5 aromatic carbocycles. The maximum atomic E-state index is 6.31. The van der Waals surface area contributed by atoms with Crippen molar-refractivity contribution in [1.82, 2.24) is 14.6 Å². The number of hydrogen-bond donors (Lipinski definition) is 0. The van der Waals surface area contributed by atoms with Crippen LogP contribution in [0.4, 0.5) is 0 Å². The Hall–Kier alpha value is -5.22. The molecule has 38 heavy (non-hydrogen) atoms. The van der Waals surface area contributed by atoms with Crippen LogP contribution in [0.15, 0.2) is 132 Å². The third-order valence-electron chi connectivity index (χ3n) is 7.33. The lowest BCUT2D eigenvalue weighted by molar-refractivity contribution is 0.670. The van der Waals surface area contributed by atoms with E-state index in [1.807, 2.05) is 30.5 Å². The van der Waals surface area contributed by atoms with E-state index in [1.165, 1.54) is 0 Å². The van der Waals surface area contributed by atoms with Gasteiger partial charge in [-0.2, -0.15) is 0 Å². The van der Waals surface area contributed by atoms with Gasteiger partial charge in [-0.1, -0.05) is 97.1 Å². The summed E-state index contributed by atoms with van der Waals surface area (Å²) in [5.41, 5.74) is 8.19.